The maximum Gasteiger partial charge on any atom is 0.335 e. The highest BCUT2D eigenvalue weighted by atomic mass is 16.5. The van der Waals surface area contributed by atoms with Gasteiger partial charge in [0.2, 0.25) is 5.91 Å². The lowest BCUT2D eigenvalue weighted by molar-refractivity contribution is -0.131. The van der Waals surface area contributed by atoms with Crippen molar-refractivity contribution in [2.75, 3.05) is 26.8 Å². The molecule has 0 saturated heterocycles. The van der Waals surface area contributed by atoms with Gasteiger partial charge in [-0.1, -0.05) is 25.1 Å². The Morgan fingerprint density at radius 2 is 1.95 bits per heavy atom. The molecule has 0 saturated carbocycles. The van der Waals surface area contributed by atoms with Gasteiger partial charge in [-0.3, -0.25) is 4.79 Å². The molecule has 0 unspecified atom stereocenters. The molecule has 0 aliphatic heterocycles. The molecule has 21 heavy (non-hydrogen) atoms. The number of hydrogen-bond donors (Lipinski definition) is 1. The van der Waals surface area contributed by atoms with Crippen molar-refractivity contribution >= 4 is 11.9 Å². The third-order valence-electron chi connectivity index (χ3n) is 3.20. The van der Waals surface area contributed by atoms with Gasteiger partial charge in [-0.05, 0) is 24.5 Å². The number of amides is 1. The van der Waals surface area contributed by atoms with E-state index in [0.29, 0.717) is 38.2 Å². The highest BCUT2D eigenvalue weighted by molar-refractivity contribution is 5.89. The first-order valence-corrected chi connectivity index (χ1v) is 7.19. The minimum Gasteiger partial charge on any atom is -0.478 e. The monoisotopic (exact) mass is 293 g/mol. The maximum absolute atomic E-state index is 11.9. The Kier molecular flexibility index (Phi) is 7.46. The summed E-state index contributed by atoms with van der Waals surface area (Å²) >= 11 is 0. The standard InChI is InChI=1S/C16H23NO4/c1-3-11-21-12-9-15(18)17(2)10-8-13-6-4-5-7-14(13)16(19)20/h4-7H,3,8-12H2,1-2H3,(H,19,20). The number of likely N-dealkylation sites (N-methyl/N-ethyl adjacent to an activating group) is 1. The average Bonchev–Trinajstić information content (AvgIpc) is 2.49. The van der Waals surface area contributed by atoms with E-state index in [0.717, 1.165) is 12.0 Å². The van der Waals surface area contributed by atoms with E-state index in [4.69, 9.17) is 9.84 Å². The zero-order chi connectivity index (χ0) is 15.7. The quantitative estimate of drug-likeness (QED) is 0.709. The molecular formula is C16H23NO4. The summed E-state index contributed by atoms with van der Waals surface area (Å²) in [5.74, 6) is -0.925. The largest absolute Gasteiger partial charge is 0.478 e. The highest BCUT2D eigenvalue weighted by Gasteiger charge is 2.12. The number of carboxylic acid groups (broad SMARTS) is 1. The molecule has 0 atom stereocenters. The van der Waals surface area contributed by atoms with E-state index in [1.165, 1.54) is 0 Å². The van der Waals surface area contributed by atoms with Crippen LogP contribution in [0, 0.1) is 0 Å². The molecule has 5 nitrogen and oxygen atoms in total. The van der Waals surface area contributed by atoms with Crippen molar-refractivity contribution in [1.29, 1.82) is 0 Å². The third kappa shape index (κ3) is 5.95. The summed E-state index contributed by atoms with van der Waals surface area (Å²) in [6.07, 6.45) is 1.83. The van der Waals surface area contributed by atoms with E-state index in [9.17, 15) is 9.59 Å². The lowest BCUT2D eigenvalue weighted by atomic mass is 10.0. The summed E-state index contributed by atoms with van der Waals surface area (Å²) in [4.78, 5) is 24.6. The lowest BCUT2D eigenvalue weighted by Crippen LogP contribution is -2.29. The van der Waals surface area contributed by atoms with Crippen LogP contribution in [0.1, 0.15) is 35.7 Å². The van der Waals surface area contributed by atoms with Crippen LogP contribution in [0.5, 0.6) is 0 Å². The second-order valence-electron chi connectivity index (χ2n) is 4.89. The number of carbonyl (C=O) groups is 2. The molecule has 0 fully saturated rings. The van der Waals surface area contributed by atoms with Gasteiger partial charge >= 0.3 is 5.97 Å². The second kappa shape index (κ2) is 9.13. The minimum atomic E-state index is -0.937. The van der Waals surface area contributed by atoms with Crippen LogP contribution in [-0.2, 0) is 16.0 Å². The first kappa shape index (κ1) is 17.2. The number of nitrogens with zero attached hydrogens (tertiary/aromatic N) is 1. The Morgan fingerprint density at radius 1 is 1.24 bits per heavy atom. The molecule has 116 valence electrons. The summed E-state index contributed by atoms with van der Waals surface area (Å²) in [6, 6.07) is 6.87. The van der Waals surface area contributed by atoms with Crippen molar-refractivity contribution in [3.05, 3.63) is 35.4 Å². The Bertz CT molecular complexity index is 473. The van der Waals surface area contributed by atoms with Crippen LogP contribution in [0.25, 0.3) is 0 Å². The summed E-state index contributed by atoms with van der Waals surface area (Å²) < 4.78 is 5.29. The van der Waals surface area contributed by atoms with Crippen LogP contribution >= 0.6 is 0 Å². The summed E-state index contributed by atoms with van der Waals surface area (Å²) in [7, 11) is 1.73. The van der Waals surface area contributed by atoms with Gasteiger partial charge in [0.15, 0.2) is 0 Å². The summed E-state index contributed by atoms with van der Waals surface area (Å²) in [5, 5.41) is 9.11. The lowest BCUT2D eigenvalue weighted by Gasteiger charge is -2.17. The van der Waals surface area contributed by atoms with Crippen LogP contribution in [0.3, 0.4) is 0 Å². The predicted molar refractivity (Wildman–Crippen MR) is 80.5 cm³/mol. The van der Waals surface area contributed by atoms with Crippen molar-refractivity contribution in [3.8, 4) is 0 Å². The normalized spacial score (nSPS) is 10.4. The molecule has 1 N–H and O–H groups in total. The fraction of sp³-hybridized carbons (Fsp3) is 0.500. The van der Waals surface area contributed by atoms with Crippen LogP contribution in [0.2, 0.25) is 0 Å². The second-order valence-corrected chi connectivity index (χ2v) is 4.89. The molecule has 0 spiro atoms. The molecular weight excluding hydrogens is 270 g/mol. The molecule has 0 aliphatic rings. The first-order chi connectivity index (χ1) is 10.1. The van der Waals surface area contributed by atoms with E-state index in [1.54, 1.807) is 30.1 Å². The van der Waals surface area contributed by atoms with Gasteiger partial charge < -0.3 is 14.7 Å². The number of hydrogen-bond acceptors (Lipinski definition) is 3. The van der Waals surface area contributed by atoms with E-state index in [-0.39, 0.29) is 5.91 Å². The number of carboxylic acids is 1. The Hall–Kier alpha value is -1.88. The van der Waals surface area contributed by atoms with Crippen molar-refractivity contribution in [2.24, 2.45) is 0 Å². The number of benzene rings is 1. The average molecular weight is 293 g/mol. The van der Waals surface area contributed by atoms with Crippen LogP contribution in [-0.4, -0.2) is 48.7 Å². The Morgan fingerprint density at radius 3 is 2.62 bits per heavy atom. The van der Waals surface area contributed by atoms with Crippen molar-refractivity contribution in [1.82, 2.24) is 4.90 Å². The van der Waals surface area contributed by atoms with E-state index < -0.39 is 5.97 Å². The van der Waals surface area contributed by atoms with Crippen LogP contribution in [0.4, 0.5) is 0 Å². The third-order valence-corrected chi connectivity index (χ3v) is 3.20. The smallest absolute Gasteiger partial charge is 0.335 e. The topological polar surface area (TPSA) is 66.8 Å². The van der Waals surface area contributed by atoms with Crippen LogP contribution in [0.15, 0.2) is 24.3 Å². The van der Waals surface area contributed by atoms with Gasteiger partial charge in [0.25, 0.3) is 0 Å². The van der Waals surface area contributed by atoms with E-state index in [1.807, 2.05) is 13.0 Å². The molecule has 1 amide bonds. The van der Waals surface area contributed by atoms with Gasteiger partial charge in [0.05, 0.1) is 18.6 Å². The molecule has 0 aliphatic carbocycles. The fourth-order valence-corrected chi connectivity index (χ4v) is 1.96. The number of aromatic carboxylic acids is 1. The molecule has 0 bridgehead atoms. The van der Waals surface area contributed by atoms with E-state index in [2.05, 4.69) is 0 Å². The Labute approximate surface area is 125 Å². The fourth-order valence-electron chi connectivity index (χ4n) is 1.96. The summed E-state index contributed by atoms with van der Waals surface area (Å²) in [5.41, 5.74) is 1.04. The maximum atomic E-state index is 11.9. The van der Waals surface area contributed by atoms with Gasteiger partial charge in [0, 0.05) is 20.2 Å². The predicted octanol–water partition coefficient (Wildman–Crippen LogP) is 2.20. The molecule has 0 radical (unpaired) electrons. The molecule has 1 rings (SSSR count). The van der Waals surface area contributed by atoms with Gasteiger partial charge in [-0.2, -0.15) is 0 Å². The van der Waals surface area contributed by atoms with E-state index >= 15 is 0 Å². The van der Waals surface area contributed by atoms with Gasteiger partial charge in [-0.15, -0.1) is 0 Å². The zero-order valence-electron chi connectivity index (χ0n) is 12.7. The van der Waals surface area contributed by atoms with Crippen molar-refractivity contribution in [2.45, 2.75) is 26.2 Å². The molecule has 5 heteroatoms. The molecule has 1 aromatic rings. The van der Waals surface area contributed by atoms with Crippen LogP contribution < -0.4 is 0 Å². The van der Waals surface area contributed by atoms with Gasteiger partial charge in [0.1, 0.15) is 0 Å². The van der Waals surface area contributed by atoms with Crippen molar-refractivity contribution in [3.63, 3.8) is 0 Å². The first-order valence-electron chi connectivity index (χ1n) is 7.19. The number of ether oxygens (including phenoxy) is 1. The highest BCUT2D eigenvalue weighted by Crippen LogP contribution is 2.10. The molecule has 1 aromatic carbocycles. The minimum absolute atomic E-state index is 0.0129. The number of carbonyl (C=O) groups excluding carboxylic acids is 1. The zero-order valence-corrected chi connectivity index (χ0v) is 12.7. The van der Waals surface area contributed by atoms with Gasteiger partial charge in [-0.25, -0.2) is 4.79 Å². The molecule has 0 aromatic heterocycles. The summed E-state index contributed by atoms with van der Waals surface area (Å²) in [6.45, 7) is 3.62. The Balaban J connectivity index is 2.44. The number of rotatable bonds is 9. The SMILES string of the molecule is CCCOCCC(=O)N(C)CCc1ccccc1C(=O)O. The molecule has 0 heterocycles. The van der Waals surface area contributed by atoms with Crippen molar-refractivity contribution < 1.29 is 19.4 Å².